The van der Waals surface area contributed by atoms with Crippen molar-refractivity contribution in [2.75, 3.05) is 31.7 Å². The van der Waals surface area contributed by atoms with Crippen molar-refractivity contribution in [3.63, 3.8) is 0 Å². The summed E-state index contributed by atoms with van der Waals surface area (Å²) < 4.78 is 18.0. The average Bonchev–Trinajstić information content (AvgIpc) is 2.29. The lowest BCUT2D eigenvalue weighted by molar-refractivity contribution is -0.384. The van der Waals surface area contributed by atoms with Crippen molar-refractivity contribution in [1.29, 1.82) is 0 Å². The van der Waals surface area contributed by atoms with Gasteiger partial charge < -0.3 is 15.2 Å². The summed E-state index contributed by atoms with van der Waals surface area (Å²) in [6.07, 6.45) is 0. The minimum absolute atomic E-state index is 0.0605. The molecule has 0 bridgehead atoms. The Morgan fingerprint density at radius 1 is 1.56 bits per heavy atom. The van der Waals surface area contributed by atoms with E-state index in [2.05, 4.69) is 5.32 Å². The number of rotatable bonds is 5. The summed E-state index contributed by atoms with van der Waals surface area (Å²) in [4.78, 5) is 10.1. The SMILES string of the molecule is O=[N+]([O-])c1cc(F)ccc1NCC1(CO)COC1. The number of aliphatic hydroxyl groups is 1. The summed E-state index contributed by atoms with van der Waals surface area (Å²) in [5.41, 5.74) is -0.480. The first-order valence-electron chi connectivity index (χ1n) is 5.43. The Kier molecular flexibility index (Phi) is 3.44. The molecule has 1 saturated heterocycles. The summed E-state index contributed by atoms with van der Waals surface area (Å²) in [7, 11) is 0. The predicted octanol–water partition coefficient (Wildman–Crippen LogP) is 1.15. The number of hydrogen-bond acceptors (Lipinski definition) is 5. The van der Waals surface area contributed by atoms with E-state index >= 15 is 0 Å². The molecule has 98 valence electrons. The first-order valence-corrected chi connectivity index (χ1v) is 5.43. The lowest BCUT2D eigenvalue weighted by atomic mass is 9.87. The zero-order valence-electron chi connectivity index (χ0n) is 9.56. The number of ether oxygens (including phenoxy) is 1. The highest BCUT2D eigenvalue weighted by Gasteiger charge is 2.38. The van der Waals surface area contributed by atoms with Gasteiger partial charge in [0.05, 0.1) is 36.2 Å². The number of hydrogen-bond donors (Lipinski definition) is 2. The lowest BCUT2D eigenvalue weighted by Gasteiger charge is -2.40. The molecule has 1 aromatic rings. The van der Waals surface area contributed by atoms with Gasteiger partial charge in [-0.2, -0.15) is 0 Å². The number of nitro benzene ring substituents is 1. The minimum Gasteiger partial charge on any atom is -0.396 e. The van der Waals surface area contributed by atoms with Crippen LogP contribution in [0.25, 0.3) is 0 Å². The van der Waals surface area contributed by atoms with Crippen LogP contribution in [0, 0.1) is 21.3 Å². The van der Waals surface area contributed by atoms with Crippen LogP contribution < -0.4 is 5.32 Å². The van der Waals surface area contributed by atoms with Crippen LogP contribution in [-0.4, -0.2) is 36.4 Å². The molecule has 0 amide bonds. The topological polar surface area (TPSA) is 84.6 Å². The zero-order chi connectivity index (χ0) is 13.2. The average molecular weight is 256 g/mol. The van der Waals surface area contributed by atoms with Crippen molar-refractivity contribution in [2.45, 2.75) is 0 Å². The quantitative estimate of drug-likeness (QED) is 0.610. The lowest BCUT2D eigenvalue weighted by Crippen LogP contribution is -2.50. The van der Waals surface area contributed by atoms with Crippen LogP contribution in [0.15, 0.2) is 18.2 Å². The summed E-state index contributed by atoms with van der Waals surface area (Å²) in [6, 6.07) is 3.33. The molecule has 0 saturated carbocycles. The van der Waals surface area contributed by atoms with Crippen LogP contribution in [0.1, 0.15) is 0 Å². The predicted molar refractivity (Wildman–Crippen MR) is 61.9 cm³/mol. The monoisotopic (exact) mass is 256 g/mol. The molecule has 1 aliphatic rings. The molecule has 7 heteroatoms. The normalized spacial score (nSPS) is 17.0. The molecule has 0 radical (unpaired) electrons. The maximum atomic E-state index is 12.9. The first-order chi connectivity index (χ1) is 8.56. The maximum absolute atomic E-state index is 12.9. The number of nitro groups is 1. The van der Waals surface area contributed by atoms with E-state index in [1.165, 1.54) is 6.07 Å². The molecule has 2 rings (SSSR count). The fourth-order valence-corrected chi connectivity index (χ4v) is 1.73. The third kappa shape index (κ3) is 2.41. The van der Waals surface area contributed by atoms with Crippen molar-refractivity contribution in [3.05, 3.63) is 34.1 Å². The highest BCUT2D eigenvalue weighted by Crippen LogP contribution is 2.30. The van der Waals surface area contributed by atoms with Gasteiger partial charge in [0, 0.05) is 6.54 Å². The van der Waals surface area contributed by atoms with Gasteiger partial charge in [-0.1, -0.05) is 0 Å². The van der Waals surface area contributed by atoms with Gasteiger partial charge in [0.1, 0.15) is 11.5 Å². The molecule has 18 heavy (non-hydrogen) atoms. The standard InChI is InChI=1S/C11H13FN2O4/c12-8-1-2-9(10(3-8)14(16)17)13-4-11(5-15)6-18-7-11/h1-3,13,15H,4-7H2. The molecule has 0 atom stereocenters. The molecule has 1 aliphatic heterocycles. The first kappa shape index (κ1) is 12.7. The van der Waals surface area contributed by atoms with E-state index in [0.717, 1.165) is 12.1 Å². The Hall–Kier alpha value is -1.73. The molecule has 0 spiro atoms. The van der Waals surface area contributed by atoms with E-state index in [4.69, 9.17) is 4.74 Å². The van der Waals surface area contributed by atoms with Gasteiger partial charge >= 0.3 is 0 Å². The van der Waals surface area contributed by atoms with Gasteiger partial charge in [-0.3, -0.25) is 10.1 Å². The van der Waals surface area contributed by atoms with Crippen molar-refractivity contribution in [2.24, 2.45) is 5.41 Å². The highest BCUT2D eigenvalue weighted by molar-refractivity contribution is 5.61. The second-order valence-electron chi connectivity index (χ2n) is 4.42. The Labute approximate surface area is 103 Å². The molecular formula is C11H13FN2O4. The van der Waals surface area contributed by atoms with Gasteiger partial charge in [-0.05, 0) is 12.1 Å². The Morgan fingerprint density at radius 2 is 2.28 bits per heavy atom. The second-order valence-corrected chi connectivity index (χ2v) is 4.42. The number of aliphatic hydroxyl groups excluding tert-OH is 1. The van der Waals surface area contributed by atoms with Crippen molar-refractivity contribution in [1.82, 2.24) is 0 Å². The number of halogens is 1. The molecule has 2 N–H and O–H groups in total. The van der Waals surface area contributed by atoms with E-state index in [0.29, 0.717) is 19.8 Å². The van der Waals surface area contributed by atoms with Crippen LogP contribution in [0.4, 0.5) is 15.8 Å². The summed E-state index contributed by atoms with van der Waals surface area (Å²) in [5, 5.41) is 22.9. The number of anilines is 1. The molecule has 0 aliphatic carbocycles. The van der Waals surface area contributed by atoms with Crippen molar-refractivity contribution >= 4 is 11.4 Å². The van der Waals surface area contributed by atoms with Gasteiger partial charge in [-0.25, -0.2) is 4.39 Å². The number of nitrogens with zero attached hydrogens (tertiary/aromatic N) is 1. The van der Waals surface area contributed by atoms with Crippen LogP contribution in [0.3, 0.4) is 0 Å². The summed E-state index contributed by atoms with van der Waals surface area (Å²) in [6.45, 7) is 1.10. The Morgan fingerprint density at radius 3 is 2.78 bits per heavy atom. The molecule has 1 fully saturated rings. The molecule has 0 aromatic heterocycles. The van der Waals surface area contributed by atoms with E-state index in [1.807, 2.05) is 0 Å². The van der Waals surface area contributed by atoms with Crippen molar-refractivity contribution in [3.8, 4) is 0 Å². The maximum Gasteiger partial charge on any atom is 0.295 e. The van der Waals surface area contributed by atoms with Crippen molar-refractivity contribution < 1.29 is 19.2 Å². The zero-order valence-corrected chi connectivity index (χ0v) is 9.56. The fraction of sp³-hybridized carbons (Fsp3) is 0.455. The third-order valence-electron chi connectivity index (χ3n) is 2.96. The van der Waals surface area contributed by atoms with E-state index in [1.54, 1.807) is 0 Å². The largest absolute Gasteiger partial charge is 0.396 e. The number of benzene rings is 1. The second kappa shape index (κ2) is 4.87. The van der Waals surface area contributed by atoms with E-state index < -0.39 is 16.2 Å². The molecule has 0 unspecified atom stereocenters. The van der Waals surface area contributed by atoms with Gasteiger partial charge in [0.15, 0.2) is 0 Å². The van der Waals surface area contributed by atoms with Crippen LogP contribution in [0.2, 0.25) is 0 Å². The van der Waals surface area contributed by atoms with Crippen LogP contribution in [0.5, 0.6) is 0 Å². The van der Waals surface area contributed by atoms with Gasteiger partial charge in [0.25, 0.3) is 5.69 Å². The van der Waals surface area contributed by atoms with Gasteiger partial charge in [-0.15, -0.1) is 0 Å². The highest BCUT2D eigenvalue weighted by atomic mass is 19.1. The molecule has 1 heterocycles. The van der Waals surface area contributed by atoms with Crippen LogP contribution in [-0.2, 0) is 4.74 Å². The summed E-state index contributed by atoms with van der Waals surface area (Å²) >= 11 is 0. The third-order valence-corrected chi connectivity index (χ3v) is 2.96. The Balaban J connectivity index is 2.11. The minimum atomic E-state index is -0.656. The van der Waals surface area contributed by atoms with Gasteiger partial charge in [0.2, 0.25) is 0 Å². The molecule has 1 aromatic carbocycles. The van der Waals surface area contributed by atoms with E-state index in [-0.39, 0.29) is 18.0 Å². The fourth-order valence-electron chi connectivity index (χ4n) is 1.73. The number of nitrogens with one attached hydrogen (secondary N) is 1. The molecule has 6 nitrogen and oxygen atoms in total. The van der Waals surface area contributed by atoms with E-state index in [9.17, 15) is 19.6 Å². The molecular weight excluding hydrogens is 243 g/mol. The smallest absolute Gasteiger partial charge is 0.295 e. The Bertz CT molecular complexity index is 457. The summed E-state index contributed by atoms with van der Waals surface area (Å²) in [5.74, 6) is -0.656. The van der Waals surface area contributed by atoms with Crippen LogP contribution >= 0.6 is 0 Å².